The zero-order chi connectivity index (χ0) is 11.5. The number of hydrogen-bond donors (Lipinski definition) is 1. The summed E-state index contributed by atoms with van der Waals surface area (Å²) >= 11 is 0.680. The molecule has 1 aromatic rings. The van der Waals surface area contributed by atoms with Gasteiger partial charge in [0.05, 0.1) is 0 Å². The molecule has 0 amide bonds. The Kier molecular flexibility index (Phi) is 9.18. The Balaban J connectivity index is 0.000000423. The van der Waals surface area contributed by atoms with Gasteiger partial charge in [-0.3, -0.25) is 0 Å². The molecule has 0 aliphatic heterocycles. The number of rotatable bonds is 4. The molecular weight excluding hydrogens is 257 g/mol. The summed E-state index contributed by atoms with van der Waals surface area (Å²) in [4.78, 5) is 8.89. The number of benzene rings is 1. The molecule has 0 atom stereocenters. The topological polar surface area (TPSA) is 67.8 Å². The SMILES string of the molecule is CC(=O)[O-].[NH3+]CCC[Se]c1ccccc1. The van der Waals surface area contributed by atoms with Crippen molar-refractivity contribution in [1.82, 2.24) is 0 Å². The summed E-state index contributed by atoms with van der Waals surface area (Å²) in [6.45, 7) is 2.05. The molecule has 1 rings (SSSR count). The van der Waals surface area contributed by atoms with E-state index in [1.165, 1.54) is 16.2 Å². The van der Waals surface area contributed by atoms with Crippen LogP contribution in [0.15, 0.2) is 30.3 Å². The molecule has 0 aromatic heterocycles. The van der Waals surface area contributed by atoms with E-state index in [-0.39, 0.29) is 0 Å². The Morgan fingerprint density at radius 1 is 1.40 bits per heavy atom. The molecule has 1 aromatic carbocycles. The van der Waals surface area contributed by atoms with Gasteiger partial charge in [-0.1, -0.05) is 0 Å². The van der Waals surface area contributed by atoms with Crippen LogP contribution in [0.4, 0.5) is 0 Å². The summed E-state index contributed by atoms with van der Waals surface area (Å²) in [5, 5.41) is 10.2. The van der Waals surface area contributed by atoms with Crippen LogP contribution in [-0.2, 0) is 4.79 Å². The maximum absolute atomic E-state index is 8.89. The minimum atomic E-state index is -1.08. The van der Waals surface area contributed by atoms with Crippen molar-refractivity contribution in [3.63, 3.8) is 0 Å². The van der Waals surface area contributed by atoms with E-state index in [2.05, 4.69) is 36.1 Å². The van der Waals surface area contributed by atoms with Gasteiger partial charge in [0.1, 0.15) is 0 Å². The molecule has 84 valence electrons. The second kappa shape index (κ2) is 9.71. The van der Waals surface area contributed by atoms with Crippen molar-refractivity contribution >= 4 is 25.4 Å². The minimum absolute atomic E-state index is 0.680. The van der Waals surface area contributed by atoms with E-state index < -0.39 is 5.97 Å². The average molecular weight is 274 g/mol. The Hall–Kier alpha value is -0.831. The standard InChI is InChI=1S/C9H13NSe.C2H4O2/c10-7-4-8-11-9-5-2-1-3-6-9;1-2(3)4/h1-3,5-6H,4,7-8,10H2;1H3,(H,3,4). The number of quaternary nitrogens is 1. The van der Waals surface area contributed by atoms with Crippen LogP contribution in [0.3, 0.4) is 0 Å². The van der Waals surface area contributed by atoms with Crippen molar-refractivity contribution in [2.75, 3.05) is 6.54 Å². The van der Waals surface area contributed by atoms with Gasteiger partial charge in [0.2, 0.25) is 0 Å². The number of carboxylic acid groups (broad SMARTS) is 1. The van der Waals surface area contributed by atoms with Crippen molar-refractivity contribution in [1.29, 1.82) is 0 Å². The predicted octanol–water partition coefficient (Wildman–Crippen LogP) is -1.18. The second-order valence-corrected chi connectivity index (χ2v) is 5.31. The Bertz CT molecular complexity index is 261. The third-order valence-electron chi connectivity index (χ3n) is 1.41. The van der Waals surface area contributed by atoms with Gasteiger partial charge in [0.25, 0.3) is 0 Å². The molecule has 0 fully saturated rings. The van der Waals surface area contributed by atoms with E-state index in [0.29, 0.717) is 15.0 Å². The molecule has 4 heteroatoms. The molecule has 0 aliphatic carbocycles. The molecule has 0 bridgehead atoms. The zero-order valence-corrected chi connectivity index (χ0v) is 10.7. The van der Waals surface area contributed by atoms with Crippen molar-refractivity contribution in [3.8, 4) is 0 Å². The summed E-state index contributed by atoms with van der Waals surface area (Å²) in [5.41, 5.74) is 3.83. The quantitative estimate of drug-likeness (QED) is 0.555. The Morgan fingerprint density at radius 2 is 1.93 bits per heavy atom. The molecule has 0 unspecified atom stereocenters. The van der Waals surface area contributed by atoms with Crippen LogP contribution in [0.25, 0.3) is 0 Å². The van der Waals surface area contributed by atoms with Gasteiger partial charge < -0.3 is 9.90 Å². The predicted molar refractivity (Wildman–Crippen MR) is 59.7 cm³/mol. The van der Waals surface area contributed by atoms with E-state index in [9.17, 15) is 0 Å². The molecule has 0 saturated carbocycles. The molecule has 0 saturated heterocycles. The van der Waals surface area contributed by atoms with Gasteiger partial charge in [-0.05, 0) is 6.92 Å². The first-order valence-electron chi connectivity index (χ1n) is 4.81. The van der Waals surface area contributed by atoms with Crippen LogP contribution < -0.4 is 15.3 Å². The van der Waals surface area contributed by atoms with Crippen molar-refractivity contribution in [2.24, 2.45) is 0 Å². The molecule has 15 heavy (non-hydrogen) atoms. The van der Waals surface area contributed by atoms with Crippen LogP contribution in [0.1, 0.15) is 13.3 Å². The molecule has 0 radical (unpaired) electrons. The maximum atomic E-state index is 8.89. The van der Waals surface area contributed by atoms with Crippen molar-refractivity contribution in [3.05, 3.63) is 30.3 Å². The van der Waals surface area contributed by atoms with Gasteiger partial charge in [-0.15, -0.1) is 0 Å². The summed E-state index contributed by atoms with van der Waals surface area (Å²) in [6.07, 6.45) is 1.27. The first kappa shape index (κ1) is 14.2. The number of carbonyl (C=O) groups excluding carboxylic acids is 1. The average Bonchev–Trinajstić information content (AvgIpc) is 2.19. The number of carbonyl (C=O) groups is 1. The van der Waals surface area contributed by atoms with Gasteiger partial charge in [-0.25, -0.2) is 0 Å². The van der Waals surface area contributed by atoms with Gasteiger partial charge in [-0.2, -0.15) is 0 Å². The van der Waals surface area contributed by atoms with Crippen molar-refractivity contribution < 1.29 is 15.6 Å². The van der Waals surface area contributed by atoms with Crippen LogP contribution in [0, 0.1) is 0 Å². The molecule has 3 nitrogen and oxygen atoms in total. The van der Waals surface area contributed by atoms with E-state index in [0.717, 1.165) is 13.5 Å². The Labute approximate surface area is 96.8 Å². The summed E-state index contributed by atoms with van der Waals surface area (Å²) in [5.74, 6) is -1.08. The van der Waals surface area contributed by atoms with Crippen LogP contribution in [0.2, 0.25) is 5.32 Å². The fourth-order valence-electron chi connectivity index (χ4n) is 0.809. The summed E-state index contributed by atoms with van der Waals surface area (Å²) < 4.78 is 1.51. The van der Waals surface area contributed by atoms with E-state index in [4.69, 9.17) is 9.90 Å². The number of hydrogen-bond acceptors (Lipinski definition) is 2. The third-order valence-corrected chi connectivity index (χ3v) is 3.71. The fraction of sp³-hybridized carbons (Fsp3) is 0.364. The van der Waals surface area contributed by atoms with Crippen molar-refractivity contribution in [2.45, 2.75) is 18.7 Å². The zero-order valence-electron chi connectivity index (χ0n) is 8.94. The Morgan fingerprint density at radius 3 is 2.40 bits per heavy atom. The molecule has 0 heterocycles. The molecule has 0 spiro atoms. The first-order chi connectivity index (χ1) is 7.16. The fourth-order valence-corrected chi connectivity index (χ4v) is 2.77. The second-order valence-electron chi connectivity index (χ2n) is 2.86. The van der Waals surface area contributed by atoms with Gasteiger partial charge in [0, 0.05) is 5.97 Å². The van der Waals surface area contributed by atoms with E-state index in [1.807, 2.05) is 0 Å². The third kappa shape index (κ3) is 11.1. The van der Waals surface area contributed by atoms with E-state index in [1.54, 1.807) is 0 Å². The monoisotopic (exact) mass is 275 g/mol. The number of aliphatic carboxylic acids is 1. The summed E-state index contributed by atoms with van der Waals surface area (Å²) in [7, 11) is 0. The molecular formula is C11H17NO2Se. The van der Waals surface area contributed by atoms with Crippen LogP contribution >= 0.6 is 0 Å². The van der Waals surface area contributed by atoms with Crippen LogP contribution in [-0.4, -0.2) is 27.5 Å². The molecule has 0 aliphatic rings. The van der Waals surface area contributed by atoms with E-state index >= 15 is 0 Å². The number of carboxylic acids is 1. The molecule has 3 N–H and O–H groups in total. The van der Waals surface area contributed by atoms with Gasteiger partial charge in [0.15, 0.2) is 0 Å². The summed E-state index contributed by atoms with van der Waals surface area (Å²) in [6, 6.07) is 10.7. The van der Waals surface area contributed by atoms with Gasteiger partial charge >= 0.3 is 73.8 Å². The first-order valence-corrected chi connectivity index (χ1v) is 6.88. The normalized spacial score (nSPS) is 8.93. The van der Waals surface area contributed by atoms with Crippen LogP contribution in [0.5, 0.6) is 0 Å².